The van der Waals surface area contributed by atoms with Crippen LogP contribution < -0.4 is 10.1 Å². The summed E-state index contributed by atoms with van der Waals surface area (Å²) < 4.78 is 7.98. The quantitative estimate of drug-likeness (QED) is 0.772. The molecule has 1 saturated heterocycles. The van der Waals surface area contributed by atoms with Crippen LogP contribution >= 0.6 is 0 Å². The van der Waals surface area contributed by atoms with Gasteiger partial charge in [0.25, 0.3) is 5.91 Å². The largest absolute Gasteiger partial charge is 0.474 e. The molecule has 140 valence electrons. The number of ether oxygens (including phenoxy) is 1. The van der Waals surface area contributed by atoms with Gasteiger partial charge in [-0.15, -0.1) is 0 Å². The highest BCUT2D eigenvalue weighted by atomic mass is 16.5. The molecule has 2 aromatic heterocycles. The fraction of sp³-hybridized carbons (Fsp3) is 0.333. The second kappa shape index (κ2) is 7.40. The normalized spacial score (nSPS) is 15.8. The molecule has 0 saturated carbocycles. The third-order valence-corrected chi connectivity index (χ3v) is 5.09. The van der Waals surface area contributed by atoms with Gasteiger partial charge in [-0.1, -0.05) is 18.2 Å². The number of anilines is 1. The number of carbonyl (C=O) groups excluding carboxylic acids is 1. The van der Waals surface area contributed by atoms with Gasteiger partial charge < -0.3 is 19.5 Å². The maximum atomic E-state index is 12.8. The zero-order valence-electron chi connectivity index (χ0n) is 15.7. The standard InChI is InChI=1S/C21H24N4O2/c1-24-11-8-16(9-12-24)27-20-13-15(7-10-22-20)23-21(26)18-14-25(2)19-6-4-3-5-17(18)19/h3-7,10,13-14,16H,8-9,11-12H2,1-2H3,(H,22,23,26). The SMILES string of the molecule is CN1CCC(Oc2cc(NC(=O)c3cn(C)c4ccccc34)ccn2)CC1. The Morgan fingerprint density at radius 2 is 1.96 bits per heavy atom. The third kappa shape index (κ3) is 3.80. The summed E-state index contributed by atoms with van der Waals surface area (Å²) in [6, 6.07) is 11.5. The third-order valence-electron chi connectivity index (χ3n) is 5.09. The van der Waals surface area contributed by atoms with Crippen molar-refractivity contribution in [3.63, 3.8) is 0 Å². The molecule has 0 bridgehead atoms. The second-order valence-corrected chi connectivity index (χ2v) is 7.13. The minimum Gasteiger partial charge on any atom is -0.474 e. The monoisotopic (exact) mass is 364 g/mol. The van der Waals surface area contributed by atoms with Crippen LogP contribution in [0.3, 0.4) is 0 Å². The van der Waals surface area contributed by atoms with Crippen molar-refractivity contribution in [2.24, 2.45) is 7.05 Å². The molecule has 27 heavy (non-hydrogen) atoms. The van der Waals surface area contributed by atoms with E-state index in [9.17, 15) is 4.79 Å². The van der Waals surface area contributed by atoms with Crippen LogP contribution in [0, 0.1) is 0 Å². The maximum absolute atomic E-state index is 12.8. The predicted molar refractivity (Wildman–Crippen MR) is 106 cm³/mol. The van der Waals surface area contributed by atoms with Crippen molar-refractivity contribution in [1.82, 2.24) is 14.5 Å². The molecule has 3 aromatic rings. The number of nitrogens with zero attached hydrogens (tertiary/aromatic N) is 3. The smallest absolute Gasteiger partial charge is 0.257 e. The van der Waals surface area contributed by atoms with Gasteiger partial charge in [-0.3, -0.25) is 4.79 Å². The van der Waals surface area contributed by atoms with Crippen molar-refractivity contribution in [3.05, 3.63) is 54.4 Å². The van der Waals surface area contributed by atoms with E-state index in [1.54, 1.807) is 18.3 Å². The van der Waals surface area contributed by atoms with E-state index >= 15 is 0 Å². The number of hydrogen-bond donors (Lipinski definition) is 1. The molecule has 0 spiro atoms. The van der Waals surface area contributed by atoms with Gasteiger partial charge in [-0.05, 0) is 32.0 Å². The Labute approximate surface area is 158 Å². The number of likely N-dealkylation sites (tertiary alicyclic amines) is 1. The summed E-state index contributed by atoms with van der Waals surface area (Å²) in [4.78, 5) is 19.4. The van der Waals surface area contributed by atoms with Crippen LogP contribution in [-0.4, -0.2) is 46.6 Å². The van der Waals surface area contributed by atoms with Crippen LogP contribution in [0.5, 0.6) is 5.88 Å². The summed E-state index contributed by atoms with van der Waals surface area (Å²) in [5.74, 6) is 0.420. The van der Waals surface area contributed by atoms with E-state index in [-0.39, 0.29) is 12.0 Å². The lowest BCUT2D eigenvalue weighted by molar-refractivity contribution is 0.102. The van der Waals surface area contributed by atoms with E-state index in [0.717, 1.165) is 36.8 Å². The van der Waals surface area contributed by atoms with E-state index in [0.29, 0.717) is 17.1 Å². The molecule has 0 unspecified atom stereocenters. The molecule has 6 nitrogen and oxygen atoms in total. The molecule has 1 aliphatic rings. The molecule has 1 amide bonds. The van der Waals surface area contributed by atoms with Gasteiger partial charge in [-0.25, -0.2) is 4.98 Å². The zero-order valence-corrected chi connectivity index (χ0v) is 15.7. The summed E-state index contributed by atoms with van der Waals surface area (Å²) in [5, 5.41) is 3.91. The summed E-state index contributed by atoms with van der Waals surface area (Å²) in [5.41, 5.74) is 2.37. The first-order valence-electron chi connectivity index (χ1n) is 9.27. The minimum absolute atomic E-state index is 0.136. The Morgan fingerprint density at radius 1 is 1.19 bits per heavy atom. The highest BCUT2D eigenvalue weighted by Crippen LogP contribution is 2.23. The van der Waals surface area contributed by atoms with Crippen molar-refractivity contribution in [1.29, 1.82) is 0 Å². The molecule has 1 aromatic carbocycles. The minimum atomic E-state index is -0.136. The molecule has 0 atom stereocenters. The number of pyridine rings is 1. The molecule has 0 aliphatic carbocycles. The first-order valence-corrected chi connectivity index (χ1v) is 9.27. The molecule has 4 rings (SSSR count). The number of aromatic nitrogens is 2. The number of nitrogens with one attached hydrogen (secondary N) is 1. The Kier molecular flexibility index (Phi) is 4.81. The van der Waals surface area contributed by atoms with Gasteiger partial charge in [0.05, 0.1) is 5.56 Å². The molecule has 1 aliphatic heterocycles. The van der Waals surface area contributed by atoms with Gasteiger partial charge in [0.2, 0.25) is 5.88 Å². The fourth-order valence-electron chi connectivity index (χ4n) is 3.55. The fourth-order valence-corrected chi connectivity index (χ4v) is 3.55. The van der Waals surface area contributed by atoms with Crippen molar-refractivity contribution in [2.45, 2.75) is 18.9 Å². The van der Waals surface area contributed by atoms with Crippen LogP contribution in [0.15, 0.2) is 48.8 Å². The Balaban J connectivity index is 1.48. The summed E-state index contributed by atoms with van der Waals surface area (Å²) in [6.45, 7) is 2.06. The number of aryl methyl sites for hydroxylation is 1. The average Bonchev–Trinajstić information content (AvgIpc) is 3.01. The molecule has 6 heteroatoms. The topological polar surface area (TPSA) is 59.4 Å². The van der Waals surface area contributed by atoms with Crippen LogP contribution in [0.4, 0.5) is 5.69 Å². The van der Waals surface area contributed by atoms with Gasteiger partial charge >= 0.3 is 0 Å². The van der Waals surface area contributed by atoms with Gasteiger partial charge in [0, 0.05) is 55.2 Å². The van der Waals surface area contributed by atoms with Crippen molar-refractivity contribution >= 4 is 22.5 Å². The van der Waals surface area contributed by atoms with Gasteiger partial charge in [0.1, 0.15) is 6.10 Å². The van der Waals surface area contributed by atoms with Gasteiger partial charge in [-0.2, -0.15) is 0 Å². The second-order valence-electron chi connectivity index (χ2n) is 7.13. The Bertz CT molecular complexity index is 958. The number of para-hydroxylation sites is 1. The first kappa shape index (κ1) is 17.5. The van der Waals surface area contributed by atoms with Crippen molar-refractivity contribution < 1.29 is 9.53 Å². The number of fused-ring (bicyclic) bond motifs is 1. The van der Waals surface area contributed by atoms with Crippen LogP contribution in [-0.2, 0) is 7.05 Å². The van der Waals surface area contributed by atoms with E-state index in [1.165, 1.54) is 0 Å². The highest BCUT2D eigenvalue weighted by molar-refractivity contribution is 6.12. The number of benzene rings is 1. The van der Waals surface area contributed by atoms with Gasteiger partial charge in [0.15, 0.2) is 0 Å². The van der Waals surface area contributed by atoms with E-state index in [1.807, 2.05) is 42.1 Å². The van der Waals surface area contributed by atoms with Crippen molar-refractivity contribution in [3.8, 4) is 5.88 Å². The van der Waals surface area contributed by atoms with Crippen LogP contribution in [0.25, 0.3) is 10.9 Å². The molecular weight excluding hydrogens is 340 g/mol. The van der Waals surface area contributed by atoms with E-state index in [4.69, 9.17) is 4.74 Å². The number of amides is 1. The average molecular weight is 364 g/mol. The number of carbonyl (C=O) groups is 1. The first-order chi connectivity index (χ1) is 13.1. The molecule has 3 heterocycles. The number of rotatable bonds is 4. The highest BCUT2D eigenvalue weighted by Gasteiger charge is 2.19. The molecule has 1 N–H and O–H groups in total. The van der Waals surface area contributed by atoms with E-state index < -0.39 is 0 Å². The molecular formula is C21H24N4O2. The zero-order chi connectivity index (χ0) is 18.8. The predicted octanol–water partition coefficient (Wildman–Crippen LogP) is 3.30. The van der Waals surface area contributed by atoms with Crippen LogP contribution in [0.2, 0.25) is 0 Å². The number of hydrogen-bond acceptors (Lipinski definition) is 4. The Hall–Kier alpha value is -2.86. The summed E-state index contributed by atoms with van der Waals surface area (Å²) in [6.07, 6.45) is 5.69. The molecule has 1 fully saturated rings. The lowest BCUT2D eigenvalue weighted by Gasteiger charge is -2.28. The number of piperidine rings is 1. The summed E-state index contributed by atoms with van der Waals surface area (Å²) in [7, 11) is 4.07. The van der Waals surface area contributed by atoms with Crippen molar-refractivity contribution in [2.75, 3.05) is 25.5 Å². The van der Waals surface area contributed by atoms with Crippen LogP contribution in [0.1, 0.15) is 23.2 Å². The lowest BCUT2D eigenvalue weighted by atomic mass is 10.1. The Morgan fingerprint density at radius 3 is 2.78 bits per heavy atom. The maximum Gasteiger partial charge on any atom is 0.257 e. The van der Waals surface area contributed by atoms with E-state index in [2.05, 4.69) is 22.2 Å². The summed E-state index contributed by atoms with van der Waals surface area (Å²) >= 11 is 0. The lowest BCUT2D eigenvalue weighted by Crippen LogP contribution is -2.35. The molecule has 0 radical (unpaired) electrons.